The molecule has 1 aromatic carbocycles. The van der Waals surface area contributed by atoms with Gasteiger partial charge in [-0.1, -0.05) is 37.8 Å². The van der Waals surface area contributed by atoms with Crippen molar-refractivity contribution in [2.45, 2.75) is 63.8 Å². The molecule has 1 aromatic rings. The van der Waals surface area contributed by atoms with E-state index in [1.165, 1.54) is 0 Å². The van der Waals surface area contributed by atoms with Crippen LogP contribution in [0.2, 0.25) is 0 Å². The quantitative estimate of drug-likeness (QED) is 0.325. The van der Waals surface area contributed by atoms with Crippen LogP contribution in [-0.2, 0) is 9.59 Å². The Morgan fingerprint density at radius 2 is 1.93 bits per heavy atom. The second-order valence-corrected chi connectivity index (χ2v) is 6.89. The van der Waals surface area contributed by atoms with Gasteiger partial charge in [0.25, 0.3) is 0 Å². The molecule has 1 atom stereocenters. The highest BCUT2D eigenvalue weighted by molar-refractivity contribution is 5.96. The van der Waals surface area contributed by atoms with Crippen molar-refractivity contribution >= 4 is 29.9 Å². The maximum atomic E-state index is 12.8. The van der Waals surface area contributed by atoms with Gasteiger partial charge in [0.1, 0.15) is 5.75 Å². The van der Waals surface area contributed by atoms with E-state index in [0.717, 1.165) is 45.1 Å². The number of unbranched alkanes of at least 4 members (excludes halogenated alkanes) is 2. The molecule has 2 rings (SSSR count). The van der Waals surface area contributed by atoms with E-state index < -0.39 is 0 Å². The minimum Gasteiger partial charge on any atom is -0.491 e. The number of rotatable bonds is 6. The molecule has 1 heterocycles. The number of hydroxylamine groups is 1. The first-order chi connectivity index (χ1) is 13.2. The van der Waals surface area contributed by atoms with Crippen molar-refractivity contribution in [3.63, 3.8) is 0 Å². The van der Waals surface area contributed by atoms with E-state index >= 15 is 0 Å². The Balaban J connectivity index is 0.00000392. The van der Waals surface area contributed by atoms with Crippen molar-refractivity contribution in [1.82, 2.24) is 10.8 Å². The third-order valence-electron chi connectivity index (χ3n) is 4.70. The van der Waals surface area contributed by atoms with Gasteiger partial charge >= 0.3 is 0 Å². The average molecular weight is 414 g/mol. The van der Waals surface area contributed by atoms with Crippen LogP contribution in [0.15, 0.2) is 24.3 Å². The monoisotopic (exact) mass is 413 g/mol. The maximum Gasteiger partial charge on any atom is 0.243 e. The summed E-state index contributed by atoms with van der Waals surface area (Å²) in [6, 6.07) is 7.25. The lowest BCUT2D eigenvalue weighted by Crippen LogP contribution is -2.41. The molecule has 2 amide bonds. The fourth-order valence-electron chi connectivity index (χ4n) is 3.15. The zero-order valence-corrected chi connectivity index (χ0v) is 17.1. The summed E-state index contributed by atoms with van der Waals surface area (Å²) in [5.74, 6) is 0.279. The molecule has 0 bridgehead atoms. The molecular formula is C20H32ClN3O4. The van der Waals surface area contributed by atoms with Crippen molar-refractivity contribution in [3.05, 3.63) is 24.3 Å². The van der Waals surface area contributed by atoms with Crippen LogP contribution in [0.5, 0.6) is 5.75 Å². The first kappa shape index (κ1) is 24.2. The predicted molar refractivity (Wildman–Crippen MR) is 111 cm³/mol. The van der Waals surface area contributed by atoms with E-state index in [1.54, 1.807) is 5.48 Å². The van der Waals surface area contributed by atoms with Crippen LogP contribution in [0, 0.1) is 0 Å². The Morgan fingerprint density at radius 1 is 1.14 bits per heavy atom. The number of halogens is 1. The number of amides is 2. The molecule has 0 spiro atoms. The van der Waals surface area contributed by atoms with Crippen LogP contribution >= 0.6 is 12.4 Å². The van der Waals surface area contributed by atoms with Crippen molar-refractivity contribution < 1.29 is 19.5 Å². The van der Waals surface area contributed by atoms with Crippen molar-refractivity contribution in [3.8, 4) is 5.75 Å². The number of hydrogen-bond acceptors (Lipinski definition) is 5. The highest BCUT2D eigenvalue weighted by Crippen LogP contribution is 2.24. The number of anilines is 1. The molecule has 0 aliphatic carbocycles. The fourth-order valence-corrected chi connectivity index (χ4v) is 3.15. The molecule has 4 N–H and O–H groups in total. The van der Waals surface area contributed by atoms with Crippen LogP contribution in [0.4, 0.5) is 5.69 Å². The number of para-hydroxylation sites is 2. The van der Waals surface area contributed by atoms with Gasteiger partial charge in [0.15, 0.2) is 0 Å². The van der Waals surface area contributed by atoms with Gasteiger partial charge in [-0.25, -0.2) is 5.48 Å². The van der Waals surface area contributed by atoms with Crippen molar-refractivity contribution in [1.29, 1.82) is 0 Å². The molecule has 0 unspecified atom stereocenters. The number of ether oxygens (including phenoxy) is 1. The van der Waals surface area contributed by atoms with Gasteiger partial charge in [0, 0.05) is 6.42 Å². The van der Waals surface area contributed by atoms with Crippen LogP contribution < -0.4 is 20.9 Å². The highest BCUT2D eigenvalue weighted by Gasteiger charge is 2.19. The Hall–Kier alpha value is -1.83. The molecular weight excluding hydrogens is 382 g/mol. The van der Waals surface area contributed by atoms with Crippen LogP contribution in [-0.4, -0.2) is 36.2 Å². The predicted octanol–water partition coefficient (Wildman–Crippen LogP) is 3.41. The van der Waals surface area contributed by atoms with E-state index in [0.29, 0.717) is 37.3 Å². The lowest BCUT2D eigenvalue weighted by molar-refractivity contribution is -0.129. The zero-order chi connectivity index (χ0) is 19.3. The minimum absolute atomic E-state index is 0. The number of carbonyl (C=O) groups excluding carboxylic acids is 2. The SMILES string of the molecule is Cl.O=C(CCCCC[C@@H]1NCCCCCCOc2ccccc2NC1=O)NO. The Labute approximate surface area is 173 Å². The van der Waals surface area contributed by atoms with Crippen molar-refractivity contribution in [2.24, 2.45) is 0 Å². The van der Waals surface area contributed by atoms with Crippen LogP contribution in [0.3, 0.4) is 0 Å². The molecule has 28 heavy (non-hydrogen) atoms. The number of fused-ring (bicyclic) bond motifs is 1. The number of carbonyl (C=O) groups is 2. The second kappa shape index (κ2) is 14.2. The lowest BCUT2D eigenvalue weighted by Gasteiger charge is -2.19. The minimum atomic E-state index is -0.371. The van der Waals surface area contributed by atoms with Gasteiger partial charge in [-0.15, -0.1) is 12.4 Å². The lowest BCUT2D eigenvalue weighted by atomic mass is 10.1. The van der Waals surface area contributed by atoms with E-state index in [9.17, 15) is 9.59 Å². The summed E-state index contributed by atoms with van der Waals surface area (Å²) in [4.78, 5) is 23.8. The normalized spacial score (nSPS) is 18.0. The molecule has 0 aromatic heterocycles. The largest absolute Gasteiger partial charge is 0.491 e. The fraction of sp³-hybridized carbons (Fsp3) is 0.600. The van der Waals surface area contributed by atoms with Gasteiger partial charge in [-0.2, -0.15) is 0 Å². The molecule has 0 radical (unpaired) electrons. The molecule has 1 aliphatic heterocycles. The molecule has 1 aliphatic rings. The standard InChI is InChI=1S/C20H31N3O4.ClH/c24-19(23-26)13-5-3-4-11-17-20(25)22-16-10-6-7-12-18(16)27-15-9-2-1-8-14-21-17;/h6-7,10,12,17,21,26H,1-5,8-9,11,13-15H2,(H,22,25)(H,23,24);1H/t17-;/m0./s1. The van der Waals surface area contributed by atoms with Gasteiger partial charge in [-0.3, -0.25) is 14.8 Å². The van der Waals surface area contributed by atoms with E-state index in [2.05, 4.69) is 10.6 Å². The maximum absolute atomic E-state index is 12.8. The van der Waals surface area contributed by atoms with Gasteiger partial charge < -0.3 is 15.4 Å². The second-order valence-electron chi connectivity index (χ2n) is 6.89. The Bertz CT molecular complexity index is 601. The van der Waals surface area contributed by atoms with E-state index in [1.807, 2.05) is 24.3 Å². The summed E-state index contributed by atoms with van der Waals surface area (Å²) < 4.78 is 5.84. The average Bonchev–Trinajstić information content (AvgIpc) is 2.69. The van der Waals surface area contributed by atoms with E-state index in [4.69, 9.17) is 9.94 Å². The topological polar surface area (TPSA) is 99.7 Å². The van der Waals surface area contributed by atoms with Crippen LogP contribution in [0.25, 0.3) is 0 Å². The molecule has 0 saturated heterocycles. The Morgan fingerprint density at radius 3 is 2.75 bits per heavy atom. The molecule has 158 valence electrons. The number of hydrogen-bond donors (Lipinski definition) is 4. The molecule has 0 saturated carbocycles. The van der Waals surface area contributed by atoms with Gasteiger partial charge in [-0.05, 0) is 44.4 Å². The smallest absolute Gasteiger partial charge is 0.243 e. The molecule has 0 fully saturated rings. The highest BCUT2D eigenvalue weighted by atomic mass is 35.5. The summed E-state index contributed by atoms with van der Waals surface area (Å²) >= 11 is 0. The third-order valence-corrected chi connectivity index (χ3v) is 4.70. The van der Waals surface area contributed by atoms with Crippen molar-refractivity contribution in [2.75, 3.05) is 18.5 Å². The number of nitrogens with one attached hydrogen (secondary N) is 3. The van der Waals surface area contributed by atoms with E-state index in [-0.39, 0.29) is 30.3 Å². The third kappa shape index (κ3) is 8.91. The first-order valence-corrected chi connectivity index (χ1v) is 9.89. The molecule has 7 nitrogen and oxygen atoms in total. The van der Waals surface area contributed by atoms with Crippen LogP contribution in [0.1, 0.15) is 57.8 Å². The summed E-state index contributed by atoms with van der Waals surface area (Å²) in [5.41, 5.74) is 2.34. The molecule has 8 heteroatoms. The zero-order valence-electron chi connectivity index (χ0n) is 16.2. The first-order valence-electron chi connectivity index (χ1n) is 9.89. The van der Waals surface area contributed by atoms with Gasteiger partial charge in [0.2, 0.25) is 11.8 Å². The van der Waals surface area contributed by atoms with Gasteiger partial charge in [0.05, 0.1) is 18.3 Å². The number of benzene rings is 1. The Kier molecular flexibility index (Phi) is 12.3. The summed E-state index contributed by atoms with van der Waals surface area (Å²) in [6.45, 7) is 1.47. The summed E-state index contributed by atoms with van der Waals surface area (Å²) in [6.07, 6.45) is 7.63. The summed E-state index contributed by atoms with van der Waals surface area (Å²) in [7, 11) is 0. The summed E-state index contributed by atoms with van der Waals surface area (Å²) in [5, 5.41) is 14.9.